The van der Waals surface area contributed by atoms with Crippen LogP contribution >= 0.6 is 0 Å². The fourth-order valence-corrected chi connectivity index (χ4v) is 4.29. The van der Waals surface area contributed by atoms with Gasteiger partial charge >= 0.3 is 5.97 Å². The fourth-order valence-electron chi connectivity index (χ4n) is 4.29. The molecule has 1 aliphatic rings. The van der Waals surface area contributed by atoms with Crippen molar-refractivity contribution in [1.29, 1.82) is 0 Å². The monoisotopic (exact) mass is 486 g/mol. The van der Waals surface area contributed by atoms with E-state index < -0.39 is 35.3 Å². The SMILES string of the molecule is O=C(O)CNC(=O)c1c(O)c2c(n(Cc3ccc(-c4ccccc4-n4cccn4)cc3)c1=O)COC2. The number of carboxylic acid groups (broad SMARTS) is 1. The van der Waals surface area contributed by atoms with Gasteiger partial charge in [-0.3, -0.25) is 14.4 Å². The Bertz CT molecular complexity index is 1510. The number of aromatic nitrogens is 3. The van der Waals surface area contributed by atoms with Crippen molar-refractivity contribution in [2.75, 3.05) is 6.54 Å². The van der Waals surface area contributed by atoms with Gasteiger partial charge in [0.05, 0.1) is 31.1 Å². The van der Waals surface area contributed by atoms with E-state index in [4.69, 9.17) is 9.84 Å². The van der Waals surface area contributed by atoms with E-state index in [9.17, 15) is 19.5 Å². The average molecular weight is 486 g/mol. The van der Waals surface area contributed by atoms with E-state index in [-0.39, 0.29) is 19.8 Å². The molecule has 0 aliphatic carbocycles. The third-order valence-electron chi connectivity index (χ3n) is 6.03. The molecule has 0 spiro atoms. The van der Waals surface area contributed by atoms with Crippen molar-refractivity contribution in [3.8, 4) is 22.6 Å². The molecule has 0 bridgehead atoms. The first-order chi connectivity index (χ1) is 17.4. The Morgan fingerprint density at radius 2 is 1.83 bits per heavy atom. The predicted molar refractivity (Wildman–Crippen MR) is 129 cm³/mol. The number of benzene rings is 2. The summed E-state index contributed by atoms with van der Waals surface area (Å²) in [4.78, 5) is 36.6. The number of ether oxygens (including phenoxy) is 1. The third kappa shape index (κ3) is 4.25. The maximum absolute atomic E-state index is 13.2. The van der Waals surface area contributed by atoms with Gasteiger partial charge in [-0.2, -0.15) is 5.10 Å². The number of nitrogens with one attached hydrogen (secondary N) is 1. The van der Waals surface area contributed by atoms with Crippen LogP contribution in [0.5, 0.6) is 5.75 Å². The summed E-state index contributed by atoms with van der Waals surface area (Å²) >= 11 is 0. The minimum Gasteiger partial charge on any atom is -0.506 e. The van der Waals surface area contributed by atoms with Crippen molar-refractivity contribution in [2.45, 2.75) is 19.8 Å². The van der Waals surface area contributed by atoms with Crippen LogP contribution in [-0.2, 0) is 29.3 Å². The molecule has 1 amide bonds. The highest BCUT2D eigenvalue weighted by Gasteiger charge is 2.29. The van der Waals surface area contributed by atoms with Crippen LogP contribution in [0.3, 0.4) is 0 Å². The summed E-state index contributed by atoms with van der Waals surface area (Å²) in [6.07, 6.45) is 3.59. The summed E-state index contributed by atoms with van der Waals surface area (Å²) in [6.45, 7) is -0.369. The number of nitrogens with zero attached hydrogens (tertiary/aromatic N) is 3. The number of pyridine rings is 1. The highest BCUT2D eigenvalue weighted by atomic mass is 16.5. The van der Waals surface area contributed by atoms with Gasteiger partial charge in [-0.05, 0) is 23.3 Å². The van der Waals surface area contributed by atoms with E-state index in [1.807, 2.05) is 60.8 Å². The van der Waals surface area contributed by atoms with Gasteiger partial charge < -0.3 is 24.8 Å². The molecule has 5 rings (SSSR count). The van der Waals surface area contributed by atoms with Gasteiger partial charge in [0.15, 0.2) is 0 Å². The van der Waals surface area contributed by atoms with Gasteiger partial charge in [0.2, 0.25) is 0 Å². The van der Waals surface area contributed by atoms with Crippen LogP contribution in [0.15, 0.2) is 71.8 Å². The van der Waals surface area contributed by atoms with Crippen molar-refractivity contribution >= 4 is 11.9 Å². The molecule has 2 aromatic heterocycles. The van der Waals surface area contributed by atoms with Crippen LogP contribution in [0, 0.1) is 0 Å². The molecule has 3 heterocycles. The Morgan fingerprint density at radius 1 is 1.06 bits per heavy atom. The predicted octanol–water partition coefficient (Wildman–Crippen LogP) is 2.30. The summed E-state index contributed by atoms with van der Waals surface area (Å²) in [5, 5.41) is 25.9. The average Bonchev–Trinajstić information content (AvgIpc) is 3.59. The highest BCUT2D eigenvalue weighted by molar-refractivity contribution is 5.98. The molecule has 10 nitrogen and oxygen atoms in total. The third-order valence-corrected chi connectivity index (χ3v) is 6.03. The standard InChI is InChI=1S/C26H22N4O6/c31-22(32)12-27-25(34)23-24(33)19-14-36-15-21(19)29(26(23)35)13-16-6-8-17(9-7-16)18-4-1-2-5-20(18)30-11-3-10-28-30/h1-11,33H,12-15H2,(H,27,34)(H,31,32). The van der Waals surface area contributed by atoms with Gasteiger partial charge in [0, 0.05) is 23.5 Å². The van der Waals surface area contributed by atoms with E-state index in [0.29, 0.717) is 11.3 Å². The molecular weight excluding hydrogens is 464 g/mol. The maximum atomic E-state index is 13.2. The molecule has 1 aliphatic heterocycles. The lowest BCUT2D eigenvalue weighted by atomic mass is 10.0. The molecule has 36 heavy (non-hydrogen) atoms. The number of aromatic hydroxyl groups is 1. The van der Waals surface area contributed by atoms with E-state index in [1.54, 1.807) is 10.9 Å². The van der Waals surface area contributed by atoms with Crippen LogP contribution in [0.2, 0.25) is 0 Å². The van der Waals surface area contributed by atoms with Crippen LogP contribution in [0.25, 0.3) is 16.8 Å². The first-order valence-corrected chi connectivity index (χ1v) is 11.2. The number of carbonyl (C=O) groups excluding carboxylic acids is 1. The number of fused-ring (bicyclic) bond motifs is 1. The van der Waals surface area contributed by atoms with Crippen molar-refractivity contribution in [1.82, 2.24) is 19.7 Å². The van der Waals surface area contributed by atoms with E-state index in [0.717, 1.165) is 22.4 Å². The second-order valence-electron chi connectivity index (χ2n) is 8.27. The first kappa shape index (κ1) is 23.1. The van der Waals surface area contributed by atoms with Gasteiger partial charge in [-0.1, -0.05) is 42.5 Å². The van der Waals surface area contributed by atoms with Crippen LogP contribution in [0.4, 0.5) is 0 Å². The Kier molecular flexibility index (Phi) is 6.09. The summed E-state index contributed by atoms with van der Waals surface area (Å²) in [7, 11) is 0. The molecule has 0 radical (unpaired) electrons. The summed E-state index contributed by atoms with van der Waals surface area (Å²) in [6, 6.07) is 17.4. The molecule has 2 aromatic carbocycles. The Labute approximate surface area is 205 Å². The summed E-state index contributed by atoms with van der Waals surface area (Å²) < 4.78 is 8.62. The number of hydrogen-bond acceptors (Lipinski definition) is 6. The van der Waals surface area contributed by atoms with Crippen LogP contribution in [0.1, 0.15) is 27.2 Å². The molecule has 10 heteroatoms. The largest absolute Gasteiger partial charge is 0.506 e. The lowest BCUT2D eigenvalue weighted by Gasteiger charge is -2.16. The number of para-hydroxylation sites is 1. The summed E-state index contributed by atoms with van der Waals surface area (Å²) in [5.74, 6) is -2.69. The van der Waals surface area contributed by atoms with Crippen molar-refractivity contribution in [3.63, 3.8) is 0 Å². The molecule has 4 aromatic rings. The molecule has 3 N–H and O–H groups in total. The molecule has 0 unspecified atom stereocenters. The number of rotatable bonds is 7. The summed E-state index contributed by atoms with van der Waals surface area (Å²) in [5.41, 5.74) is 3.30. The van der Waals surface area contributed by atoms with Gasteiger partial charge in [-0.25, -0.2) is 4.68 Å². The number of aliphatic carboxylic acids is 1. The molecule has 0 fully saturated rings. The maximum Gasteiger partial charge on any atom is 0.322 e. The number of hydrogen-bond donors (Lipinski definition) is 3. The van der Waals surface area contributed by atoms with Crippen LogP contribution < -0.4 is 10.9 Å². The van der Waals surface area contributed by atoms with Crippen LogP contribution in [-0.4, -0.2) is 43.0 Å². The first-order valence-electron chi connectivity index (χ1n) is 11.2. The zero-order valence-corrected chi connectivity index (χ0v) is 19.0. The molecule has 0 saturated heterocycles. The molecule has 0 saturated carbocycles. The van der Waals surface area contributed by atoms with E-state index in [2.05, 4.69) is 10.4 Å². The molecule has 0 atom stereocenters. The second-order valence-corrected chi connectivity index (χ2v) is 8.27. The fraction of sp³-hybridized carbons (Fsp3) is 0.154. The zero-order chi connectivity index (χ0) is 25.2. The number of carboxylic acids is 1. The normalized spacial score (nSPS) is 12.3. The van der Waals surface area contributed by atoms with E-state index >= 15 is 0 Å². The topological polar surface area (TPSA) is 136 Å². The number of carbonyl (C=O) groups is 2. The highest BCUT2D eigenvalue weighted by Crippen LogP contribution is 2.31. The zero-order valence-electron chi connectivity index (χ0n) is 19.0. The quantitative estimate of drug-likeness (QED) is 0.365. The smallest absolute Gasteiger partial charge is 0.322 e. The molecule has 182 valence electrons. The van der Waals surface area contributed by atoms with Gasteiger partial charge in [0.1, 0.15) is 17.9 Å². The Hall–Kier alpha value is -4.70. The second kappa shape index (κ2) is 9.51. The molecular formula is C26H22N4O6. The van der Waals surface area contributed by atoms with Crippen molar-refractivity contribution in [2.24, 2.45) is 0 Å². The number of amides is 1. The minimum atomic E-state index is -1.26. The minimum absolute atomic E-state index is 0.0454. The van der Waals surface area contributed by atoms with E-state index in [1.165, 1.54) is 4.57 Å². The lowest BCUT2D eigenvalue weighted by molar-refractivity contribution is -0.135. The van der Waals surface area contributed by atoms with Gasteiger partial charge in [-0.15, -0.1) is 0 Å². The Morgan fingerprint density at radius 3 is 2.56 bits per heavy atom. The van der Waals surface area contributed by atoms with Gasteiger partial charge in [0.25, 0.3) is 11.5 Å². The Balaban J connectivity index is 1.48. The lowest BCUT2D eigenvalue weighted by Crippen LogP contribution is -2.37. The van der Waals surface area contributed by atoms with Crippen molar-refractivity contribution in [3.05, 3.63) is 99.7 Å². The van der Waals surface area contributed by atoms with Crippen molar-refractivity contribution < 1.29 is 24.5 Å².